The molecular formula is C15H22FNS. The van der Waals surface area contributed by atoms with Gasteiger partial charge in [0.05, 0.1) is 0 Å². The summed E-state index contributed by atoms with van der Waals surface area (Å²) >= 11 is 1.68. The van der Waals surface area contributed by atoms with E-state index in [1.165, 1.54) is 24.2 Å². The molecule has 0 saturated heterocycles. The van der Waals surface area contributed by atoms with Gasteiger partial charge in [-0.25, -0.2) is 4.39 Å². The highest BCUT2D eigenvalue weighted by Crippen LogP contribution is 2.41. The molecule has 1 aliphatic rings. The van der Waals surface area contributed by atoms with Gasteiger partial charge in [-0.05, 0) is 49.3 Å². The van der Waals surface area contributed by atoms with Crippen molar-refractivity contribution >= 4 is 11.8 Å². The predicted octanol–water partition coefficient (Wildman–Crippen LogP) is 4.02. The maximum Gasteiger partial charge on any atom is 0.127 e. The summed E-state index contributed by atoms with van der Waals surface area (Å²) in [7, 11) is 0. The molecule has 1 aromatic carbocycles. The van der Waals surface area contributed by atoms with Gasteiger partial charge in [0, 0.05) is 16.9 Å². The Labute approximate surface area is 113 Å². The normalized spacial score (nSPS) is 18.9. The van der Waals surface area contributed by atoms with Gasteiger partial charge in [-0.15, -0.1) is 11.8 Å². The number of rotatable bonds is 3. The zero-order valence-corrected chi connectivity index (χ0v) is 12.1. The lowest BCUT2D eigenvalue weighted by molar-refractivity contribution is 0.291. The first kappa shape index (κ1) is 13.9. The van der Waals surface area contributed by atoms with Crippen molar-refractivity contribution in [2.45, 2.75) is 49.3 Å². The van der Waals surface area contributed by atoms with Crippen molar-refractivity contribution in [1.82, 2.24) is 0 Å². The maximum absolute atomic E-state index is 14.3. The van der Waals surface area contributed by atoms with Crippen LogP contribution in [-0.2, 0) is 5.41 Å². The topological polar surface area (TPSA) is 26.0 Å². The second-order valence-corrected chi connectivity index (χ2v) is 6.19. The van der Waals surface area contributed by atoms with Crippen LogP contribution in [0.1, 0.15) is 43.2 Å². The molecule has 1 fully saturated rings. The summed E-state index contributed by atoms with van der Waals surface area (Å²) in [5, 5.41) is 0. The molecule has 1 aromatic rings. The Morgan fingerprint density at radius 1 is 1.28 bits per heavy atom. The van der Waals surface area contributed by atoms with Gasteiger partial charge in [-0.2, -0.15) is 0 Å². The molecule has 0 aliphatic heterocycles. The Kier molecular flexibility index (Phi) is 4.33. The Balaban J connectivity index is 2.47. The summed E-state index contributed by atoms with van der Waals surface area (Å²) < 4.78 is 14.3. The molecule has 1 saturated carbocycles. The monoisotopic (exact) mass is 267 g/mol. The van der Waals surface area contributed by atoms with E-state index in [0.29, 0.717) is 6.54 Å². The molecule has 0 unspecified atom stereocenters. The van der Waals surface area contributed by atoms with Gasteiger partial charge in [-0.1, -0.05) is 19.3 Å². The van der Waals surface area contributed by atoms with Crippen LogP contribution < -0.4 is 5.73 Å². The van der Waals surface area contributed by atoms with E-state index in [9.17, 15) is 4.39 Å². The maximum atomic E-state index is 14.3. The molecule has 0 aromatic heterocycles. The van der Waals surface area contributed by atoms with E-state index in [-0.39, 0.29) is 11.2 Å². The molecule has 0 bridgehead atoms. The largest absolute Gasteiger partial charge is 0.330 e. The molecule has 1 aliphatic carbocycles. The molecule has 1 nitrogen and oxygen atoms in total. The number of nitrogens with two attached hydrogens (primary N) is 1. The van der Waals surface area contributed by atoms with Crippen LogP contribution in [0.25, 0.3) is 0 Å². The van der Waals surface area contributed by atoms with Gasteiger partial charge >= 0.3 is 0 Å². The number of hydrogen-bond donors (Lipinski definition) is 1. The zero-order valence-electron chi connectivity index (χ0n) is 11.3. The Morgan fingerprint density at radius 2 is 1.94 bits per heavy atom. The summed E-state index contributed by atoms with van der Waals surface area (Å²) in [5.74, 6) is -0.0716. The van der Waals surface area contributed by atoms with E-state index in [1.54, 1.807) is 17.8 Å². The zero-order chi connectivity index (χ0) is 13.2. The molecule has 0 atom stereocenters. The minimum Gasteiger partial charge on any atom is -0.330 e. The lowest BCUT2D eigenvalue weighted by Gasteiger charge is -2.37. The van der Waals surface area contributed by atoms with E-state index in [0.717, 1.165) is 24.0 Å². The van der Waals surface area contributed by atoms with Crippen molar-refractivity contribution in [2.75, 3.05) is 12.8 Å². The van der Waals surface area contributed by atoms with Crippen LogP contribution in [0.4, 0.5) is 4.39 Å². The summed E-state index contributed by atoms with van der Waals surface area (Å²) in [4.78, 5) is 1.17. The minimum absolute atomic E-state index is 0.0716. The van der Waals surface area contributed by atoms with Crippen molar-refractivity contribution in [1.29, 1.82) is 0 Å². The first-order chi connectivity index (χ1) is 8.63. The highest BCUT2D eigenvalue weighted by molar-refractivity contribution is 7.98. The second-order valence-electron chi connectivity index (χ2n) is 5.35. The van der Waals surface area contributed by atoms with E-state index < -0.39 is 0 Å². The van der Waals surface area contributed by atoms with Crippen molar-refractivity contribution in [3.05, 3.63) is 29.1 Å². The van der Waals surface area contributed by atoms with Crippen LogP contribution >= 0.6 is 11.8 Å². The number of thioether (sulfide) groups is 1. The third-order valence-electron chi connectivity index (χ3n) is 4.26. The van der Waals surface area contributed by atoms with Crippen molar-refractivity contribution < 1.29 is 4.39 Å². The van der Waals surface area contributed by atoms with E-state index in [1.807, 2.05) is 19.2 Å². The Morgan fingerprint density at radius 3 is 2.50 bits per heavy atom. The third kappa shape index (κ3) is 2.43. The molecule has 0 radical (unpaired) electrons. The van der Waals surface area contributed by atoms with Gasteiger partial charge in [-0.3, -0.25) is 0 Å². The van der Waals surface area contributed by atoms with Crippen molar-refractivity contribution in [3.63, 3.8) is 0 Å². The standard InChI is InChI=1S/C15H22FNS/c1-11-8-13(16)12(9-14(11)18-2)15(10-17)6-4-3-5-7-15/h8-9H,3-7,10,17H2,1-2H3. The van der Waals surface area contributed by atoms with Gasteiger partial charge in [0.15, 0.2) is 0 Å². The number of benzene rings is 1. The third-order valence-corrected chi connectivity index (χ3v) is 5.14. The first-order valence-corrected chi connectivity index (χ1v) is 7.90. The van der Waals surface area contributed by atoms with Crippen molar-refractivity contribution in [3.8, 4) is 0 Å². The average Bonchev–Trinajstić information content (AvgIpc) is 2.39. The molecule has 2 rings (SSSR count). The number of hydrogen-bond acceptors (Lipinski definition) is 2. The molecule has 0 amide bonds. The van der Waals surface area contributed by atoms with Crippen LogP contribution in [-0.4, -0.2) is 12.8 Å². The van der Waals surface area contributed by atoms with Gasteiger partial charge in [0.25, 0.3) is 0 Å². The van der Waals surface area contributed by atoms with Crippen LogP contribution in [0.15, 0.2) is 17.0 Å². The SMILES string of the molecule is CSc1cc(C2(CN)CCCCC2)c(F)cc1C. The summed E-state index contributed by atoms with van der Waals surface area (Å²) in [6.45, 7) is 2.52. The van der Waals surface area contributed by atoms with Gasteiger partial charge < -0.3 is 5.73 Å². The van der Waals surface area contributed by atoms with E-state index in [4.69, 9.17) is 5.73 Å². The second kappa shape index (κ2) is 5.62. The molecule has 0 spiro atoms. The highest BCUT2D eigenvalue weighted by atomic mass is 32.2. The lowest BCUT2D eigenvalue weighted by Crippen LogP contribution is -2.38. The molecule has 2 N–H and O–H groups in total. The van der Waals surface area contributed by atoms with Crippen LogP contribution in [0.3, 0.4) is 0 Å². The summed E-state index contributed by atoms with van der Waals surface area (Å²) in [5.41, 5.74) is 7.74. The molecule has 18 heavy (non-hydrogen) atoms. The number of halogens is 1. The van der Waals surface area contributed by atoms with Crippen LogP contribution in [0, 0.1) is 12.7 Å². The predicted molar refractivity (Wildman–Crippen MR) is 76.7 cm³/mol. The van der Waals surface area contributed by atoms with Gasteiger partial charge in [0.2, 0.25) is 0 Å². The molecule has 3 heteroatoms. The highest BCUT2D eigenvalue weighted by Gasteiger charge is 2.35. The van der Waals surface area contributed by atoms with E-state index >= 15 is 0 Å². The average molecular weight is 267 g/mol. The van der Waals surface area contributed by atoms with Crippen LogP contribution in [0.5, 0.6) is 0 Å². The number of aryl methyl sites for hydroxylation is 1. The van der Waals surface area contributed by atoms with E-state index in [2.05, 4.69) is 0 Å². The minimum atomic E-state index is -0.124. The molecule has 0 heterocycles. The fourth-order valence-electron chi connectivity index (χ4n) is 3.09. The van der Waals surface area contributed by atoms with Gasteiger partial charge in [0.1, 0.15) is 5.82 Å². The first-order valence-electron chi connectivity index (χ1n) is 6.67. The fourth-order valence-corrected chi connectivity index (χ4v) is 3.71. The summed E-state index contributed by atoms with van der Waals surface area (Å²) in [6, 6.07) is 3.71. The smallest absolute Gasteiger partial charge is 0.127 e. The fraction of sp³-hybridized carbons (Fsp3) is 0.600. The van der Waals surface area contributed by atoms with Crippen LogP contribution in [0.2, 0.25) is 0 Å². The quantitative estimate of drug-likeness (QED) is 0.837. The Bertz CT molecular complexity index is 425. The van der Waals surface area contributed by atoms with Crippen molar-refractivity contribution in [2.24, 2.45) is 5.73 Å². The summed E-state index contributed by atoms with van der Waals surface area (Å²) in [6.07, 6.45) is 7.68. The molecule has 100 valence electrons. The molecular weight excluding hydrogens is 245 g/mol. The lowest BCUT2D eigenvalue weighted by atomic mass is 9.69. The Hall–Kier alpha value is -0.540.